The second-order valence-corrected chi connectivity index (χ2v) is 8.85. The van der Waals surface area contributed by atoms with Crippen LogP contribution in [-0.2, 0) is 27.1 Å². The zero-order chi connectivity index (χ0) is 27.6. The smallest absolute Gasteiger partial charge is 0.372 e. The number of imide groups is 1. The van der Waals surface area contributed by atoms with Crippen LogP contribution in [0, 0.1) is 6.92 Å². The molecule has 10 nitrogen and oxygen atoms in total. The van der Waals surface area contributed by atoms with Crippen molar-refractivity contribution in [3.8, 4) is 0 Å². The van der Waals surface area contributed by atoms with E-state index in [9.17, 15) is 37.5 Å². The highest BCUT2D eigenvalue weighted by Crippen LogP contribution is 2.33. The molecule has 38 heavy (non-hydrogen) atoms. The summed E-state index contributed by atoms with van der Waals surface area (Å²) in [5.41, 5.74) is 0.190. The molecule has 4 rings (SSSR count). The first kappa shape index (κ1) is 26.7. The standard InChI is InChI=1S/C25H24F3N5O5/c1-13-5-6-16(10-17(13)25(26,27)28)31-24(38)29-12-14-3-2-4-15(9-14)30-18-11-21(35)33(23(18)37)19-7-8-20(34)32-22(19)36/h2-6,9-11,19,22,30,36H,7-8,12H2,1H3,(H,32,34)(H2,29,31,38). The lowest BCUT2D eigenvalue weighted by Gasteiger charge is -2.34. The number of amides is 5. The second-order valence-electron chi connectivity index (χ2n) is 8.85. The summed E-state index contributed by atoms with van der Waals surface area (Å²) in [7, 11) is 0. The zero-order valence-electron chi connectivity index (χ0n) is 20.1. The van der Waals surface area contributed by atoms with E-state index in [1.54, 1.807) is 24.3 Å². The van der Waals surface area contributed by atoms with Crippen LogP contribution in [-0.4, -0.2) is 46.0 Å². The Kier molecular flexibility index (Phi) is 7.39. The van der Waals surface area contributed by atoms with Gasteiger partial charge in [0.15, 0.2) is 0 Å². The van der Waals surface area contributed by atoms with E-state index in [0.717, 1.165) is 17.0 Å². The van der Waals surface area contributed by atoms with E-state index < -0.39 is 41.9 Å². The first-order valence-corrected chi connectivity index (χ1v) is 11.6. The van der Waals surface area contributed by atoms with E-state index in [2.05, 4.69) is 21.3 Å². The van der Waals surface area contributed by atoms with Crippen LogP contribution in [0.25, 0.3) is 0 Å². The van der Waals surface area contributed by atoms with Gasteiger partial charge in [-0.25, -0.2) is 4.79 Å². The van der Waals surface area contributed by atoms with Crippen molar-refractivity contribution in [3.63, 3.8) is 0 Å². The Morgan fingerprint density at radius 3 is 2.61 bits per heavy atom. The molecule has 1 fully saturated rings. The molecule has 200 valence electrons. The van der Waals surface area contributed by atoms with Crippen LogP contribution in [0.2, 0.25) is 0 Å². The lowest BCUT2D eigenvalue weighted by molar-refractivity contribution is -0.148. The van der Waals surface area contributed by atoms with Gasteiger partial charge in [-0.05, 0) is 48.7 Å². The van der Waals surface area contributed by atoms with E-state index in [4.69, 9.17) is 0 Å². The lowest BCUT2D eigenvalue weighted by atomic mass is 10.0. The van der Waals surface area contributed by atoms with Crippen molar-refractivity contribution in [2.24, 2.45) is 0 Å². The topological polar surface area (TPSA) is 140 Å². The van der Waals surface area contributed by atoms with Gasteiger partial charge in [-0.15, -0.1) is 0 Å². The summed E-state index contributed by atoms with van der Waals surface area (Å²) < 4.78 is 39.3. The Morgan fingerprint density at radius 2 is 1.89 bits per heavy atom. The number of rotatable bonds is 6. The minimum Gasteiger partial charge on any atom is -0.372 e. The quantitative estimate of drug-likeness (QED) is 0.363. The molecule has 0 aromatic heterocycles. The van der Waals surface area contributed by atoms with Crippen LogP contribution in [0.15, 0.2) is 54.2 Å². The molecule has 13 heteroatoms. The molecule has 5 amide bonds. The largest absolute Gasteiger partial charge is 0.416 e. The molecule has 2 atom stereocenters. The van der Waals surface area contributed by atoms with Crippen LogP contribution < -0.4 is 21.3 Å². The van der Waals surface area contributed by atoms with Crippen molar-refractivity contribution in [2.45, 2.75) is 44.8 Å². The first-order valence-electron chi connectivity index (χ1n) is 11.6. The van der Waals surface area contributed by atoms with Gasteiger partial charge in [0.05, 0.1) is 11.6 Å². The summed E-state index contributed by atoms with van der Waals surface area (Å²) in [6.45, 7) is 1.35. The molecule has 5 N–H and O–H groups in total. The molecular weight excluding hydrogens is 507 g/mol. The van der Waals surface area contributed by atoms with E-state index in [1.165, 1.54) is 19.1 Å². The maximum atomic E-state index is 13.1. The van der Waals surface area contributed by atoms with Gasteiger partial charge >= 0.3 is 12.2 Å². The molecule has 1 saturated heterocycles. The number of aryl methyl sites for hydroxylation is 1. The van der Waals surface area contributed by atoms with Gasteiger partial charge < -0.3 is 26.4 Å². The van der Waals surface area contributed by atoms with Gasteiger partial charge in [0, 0.05) is 30.4 Å². The number of aliphatic hydroxyl groups excluding tert-OH is 1. The third kappa shape index (κ3) is 5.94. The fourth-order valence-electron chi connectivity index (χ4n) is 4.21. The van der Waals surface area contributed by atoms with Crippen molar-refractivity contribution < 1.29 is 37.5 Å². The Bertz CT molecular complexity index is 1330. The Labute approximate surface area is 214 Å². The van der Waals surface area contributed by atoms with E-state index in [-0.39, 0.29) is 42.2 Å². The number of aliphatic hydroxyl groups is 1. The fourth-order valence-corrected chi connectivity index (χ4v) is 4.21. The lowest BCUT2D eigenvalue weighted by Crippen LogP contribution is -2.57. The number of nitrogens with zero attached hydrogens (tertiary/aromatic N) is 1. The van der Waals surface area contributed by atoms with Gasteiger partial charge in [0.25, 0.3) is 11.8 Å². The van der Waals surface area contributed by atoms with Gasteiger partial charge in [-0.1, -0.05) is 18.2 Å². The number of carbonyl (C=O) groups excluding carboxylic acids is 4. The third-order valence-electron chi connectivity index (χ3n) is 6.09. The number of halogens is 3. The number of nitrogens with one attached hydrogen (secondary N) is 4. The molecule has 0 spiro atoms. The van der Waals surface area contributed by atoms with Gasteiger partial charge in [-0.3, -0.25) is 19.3 Å². The van der Waals surface area contributed by atoms with E-state index in [1.807, 2.05) is 0 Å². The van der Waals surface area contributed by atoms with Crippen molar-refractivity contribution in [1.82, 2.24) is 15.5 Å². The number of piperidine rings is 1. The molecule has 0 radical (unpaired) electrons. The number of benzene rings is 2. The van der Waals surface area contributed by atoms with E-state index in [0.29, 0.717) is 11.3 Å². The second kappa shape index (κ2) is 10.5. The fraction of sp³-hybridized carbons (Fsp3) is 0.280. The summed E-state index contributed by atoms with van der Waals surface area (Å²) >= 11 is 0. The highest BCUT2D eigenvalue weighted by molar-refractivity contribution is 6.17. The Morgan fingerprint density at radius 1 is 1.13 bits per heavy atom. The van der Waals surface area contributed by atoms with E-state index >= 15 is 0 Å². The molecule has 2 unspecified atom stereocenters. The normalized spacial score (nSPS) is 19.7. The zero-order valence-corrected chi connectivity index (χ0v) is 20.1. The minimum absolute atomic E-state index is 0.0144. The average Bonchev–Trinajstić information content (AvgIpc) is 3.11. The molecule has 2 aromatic rings. The number of hydrogen-bond acceptors (Lipinski definition) is 6. The predicted molar refractivity (Wildman–Crippen MR) is 129 cm³/mol. The summed E-state index contributed by atoms with van der Waals surface area (Å²) in [6, 6.07) is 8.46. The molecule has 2 aliphatic rings. The van der Waals surface area contributed by atoms with Crippen molar-refractivity contribution in [1.29, 1.82) is 0 Å². The summed E-state index contributed by atoms with van der Waals surface area (Å²) in [5, 5.41) is 20.2. The molecule has 2 aliphatic heterocycles. The van der Waals surface area contributed by atoms with Crippen LogP contribution in [0.3, 0.4) is 0 Å². The number of carbonyl (C=O) groups is 4. The molecular formula is C25H24F3N5O5. The summed E-state index contributed by atoms with van der Waals surface area (Å²) in [4.78, 5) is 49.9. The SMILES string of the molecule is Cc1ccc(NC(=O)NCc2cccc(NC3=CC(=O)N(C4CCC(=O)NC4O)C3=O)c2)cc1C(F)(F)F. The molecule has 0 saturated carbocycles. The number of alkyl halides is 3. The van der Waals surface area contributed by atoms with Gasteiger partial charge in [0.1, 0.15) is 11.9 Å². The Hall–Kier alpha value is -4.39. The highest BCUT2D eigenvalue weighted by Gasteiger charge is 2.42. The number of anilines is 2. The maximum absolute atomic E-state index is 13.1. The number of urea groups is 1. The average molecular weight is 531 g/mol. The van der Waals surface area contributed by atoms with Crippen LogP contribution in [0.1, 0.15) is 29.5 Å². The predicted octanol–water partition coefficient (Wildman–Crippen LogP) is 2.60. The monoisotopic (exact) mass is 531 g/mol. The molecule has 0 aliphatic carbocycles. The molecule has 2 aromatic carbocycles. The Balaban J connectivity index is 1.35. The maximum Gasteiger partial charge on any atom is 0.416 e. The highest BCUT2D eigenvalue weighted by atomic mass is 19.4. The van der Waals surface area contributed by atoms with Crippen molar-refractivity contribution in [3.05, 3.63) is 70.9 Å². The van der Waals surface area contributed by atoms with Gasteiger partial charge in [0.2, 0.25) is 5.91 Å². The summed E-state index contributed by atoms with van der Waals surface area (Å²) in [6.07, 6.45) is -4.61. The molecule has 2 heterocycles. The van der Waals surface area contributed by atoms with Gasteiger partial charge in [-0.2, -0.15) is 13.2 Å². The third-order valence-corrected chi connectivity index (χ3v) is 6.09. The van der Waals surface area contributed by atoms with Crippen molar-refractivity contribution >= 4 is 35.1 Å². The van der Waals surface area contributed by atoms with Crippen LogP contribution in [0.4, 0.5) is 29.3 Å². The summed E-state index contributed by atoms with van der Waals surface area (Å²) in [5.74, 6) is -1.66. The minimum atomic E-state index is -4.55. The van der Waals surface area contributed by atoms with Crippen molar-refractivity contribution in [2.75, 3.05) is 10.6 Å². The number of hydrogen-bond donors (Lipinski definition) is 5. The first-order chi connectivity index (χ1) is 17.9. The van der Waals surface area contributed by atoms with Crippen LogP contribution in [0.5, 0.6) is 0 Å². The van der Waals surface area contributed by atoms with Crippen LogP contribution >= 0.6 is 0 Å². The molecule has 0 bridgehead atoms.